The number of carboxylic acid groups (broad SMARTS) is 1. The second-order valence-corrected chi connectivity index (χ2v) is 6.27. The van der Waals surface area contributed by atoms with Crippen molar-refractivity contribution in [3.8, 4) is 0 Å². The van der Waals surface area contributed by atoms with Gasteiger partial charge in [-0.2, -0.15) is 11.8 Å². The summed E-state index contributed by atoms with van der Waals surface area (Å²) in [6, 6.07) is 2.33. The number of nitrogens with one attached hydrogen (secondary N) is 1. The summed E-state index contributed by atoms with van der Waals surface area (Å²) in [5, 5.41) is 13.2. The number of aryl methyl sites for hydroxylation is 1. The molecule has 1 aliphatic carbocycles. The van der Waals surface area contributed by atoms with E-state index in [0.717, 1.165) is 5.25 Å². The Bertz CT molecular complexity index is 444. The Balaban J connectivity index is 1.88. The molecule has 1 aromatic heterocycles. The number of hydrogen-bond donors (Lipinski definition) is 2. The van der Waals surface area contributed by atoms with Gasteiger partial charge in [0.1, 0.15) is 5.76 Å². The summed E-state index contributed by atoms with van der Waals surface area (Å²) in [7, 11) is 0. The highest BCUT2D eigenvalue weighted by molar-refractivity contribution is 7.99. The molecule has 1 aromatic rings. The molecule has 0 amide bonds. The fourth-order valence-electron chi connectivity index (χ4n) is 2.64. The van der Waals surface area contributed by atoms with E-state index in [1.54, 1.807) is 6.92 Å². The third kappa shape index (κ3) is 3.76. The van der Waals surface area contributed by atoms with Crippen LogP contribution in [0.2, 0.25) is 0 Å². The molecule has 106 valence electrons. The van der Waals surface area contributed by atoms with Gasteiger partial charge < -0.3 is 14.8 Å². The maximum Gasteiger partial charge on any atom is 0.372 e. The predicted molar refractivity (Wildman–Crippen MR) is 76.8 cm³/mol. The highest BCUT2D eigenvalue weighted by atomic mass is 32.2. The van der Waals surface area contributed by atoms with Crippen LogP contribution < -0.4 is 5.32 Å². The van der Waals surface area contributed by atoms with Gasteiger partial charge in [0.2, 0.25) is 5.76 Å². The van der Waals surface area contributed by atoms with Gasteiger partial charge in [0.15, 0.2) is 0 Å². The van der Waals surface area contributed by atoms with E-state index in [2.05, 4.69) is 11.6 Å². The lowest BCUT2D eigenvalue weighted by Crippen LogP contribution is -2.34. The summed E-state index contributed by atoms with van der Waals surface area (Å²) in [6.07, 6.45) is 7.13. The van der Waals surface area contributed by atoms with Crippen LogP contribution in [0, 0.1) is 6.92 Å². The van der Waals surface area contributed by atoms with Crippen molar-refractivity contribution in [3.05, 3.63) is 23.2 Å². The molecular formula is C14H21NO3S. The summed E-state index contributed by atoms with van der Waals surface area (Å²) in [4.78, 5) is 10.9. The molecule has 1 aliphatic rings. The van der Waals surface area contributed by atoms with E-state index in [1.807, 2.05) is 17.8 Å². The van der Waals surface area contributed by atoms with Gasteiger partial charge in [-0.05, 0) is 38.5 Å². The van der Waals surface area contributed by atoms with E-state index in [9.17, 15) is 4.79 Å². The number of aromatic carboxylic acids is 1. The predicted octanol–water partition coefficient (Wildman–Crippen LogP) is 3.05. The van der Waals surface area contributed by atoms with Crippen molar-refractivity contribution in [2.45, 2.75) is 50.4 Å². The first-order chi connectivity index (χ1) is 9.10. The standard InChI is InChI=1S/C14H21NO3S/c1-9-6-11(18-13(9)14(16)17)8-15-10-4-3-5-12(7-10)19-2/h6,10,12,15H,3-5,7-8H2,1-2H3,(H,16,17). The molecule has 0 aliphatic heterocycles. The van der Waals surface area contributed by atoms with E-state index in [-0.39, 0.29) is 5.76 Å². The van der Waals surface area contributed by atoms with E-state index in [0.29, 0.717) is 23.9 Å². The van der Waals surface area contributed by atoms with E-state index >= 15 is 0 Å². The van der Waals surface area contributed by atoms with Crippen LogP contribution in [-0.4, -0.2) is 28.6 Å². The highest BCUT2D eigenvalue weighted by Crippen LogP contribution is 2.27. The molecule has 4 nitrogen and oxygen atoms in total. The van der Waals surface area contributed by atoms with Crippen LogP contribution in [0.4, 0.5) is 0 Å². The number of carboxylic acids is 1. The van der Waals surface area contributed by atoms with E-state index in [4.69, 9.17) is 9.52 Å². The van der Waals surface area contributed by atoms with Crippen LogP contribution in [0.3, 0.4) is 0 Å². The van der Waals surface area contributed by atoms with Gasteiger partial charge in [-0.15, -0.1) is 0 Å². The quantitative estimate of drug-likeness (QED) is 0.869. The number of carbonyl (C=O) groups is 1. The molecule has 2 atom stereocenters. The summed E-state index contributed by atoms with van der Waals surface area (Å²) in [5.74, 6) is -0.229. The van der Waals surface area contributed by atoms with Crippen molar-refractivity contribution in [3.63, 3.8) is 0 Å². The normalized spacial score (nSPS) is 23.5. The van der Waals surface area contributed by atoms with E-state index in [1.165, 1.54) is 25.7 Å². The molecule has 0 aromatic carbocycles. The molecule has 19 heavy (non-hydrogen) atoms. The number of thioether (sulfide) groups is 1. The largest absolute Gasteiger partial charge is 0.475 e. The number of hydrogen-bond acceptors (Lipinski definition) is 4. The smallest absolute Gasteiger partial charge is 0.372 e. The van der Waals surface area contributed by atoms with Gasteiger partial charge in [-0.3, -0.25) is 0 Å². The van der Waals surface area contributed by atoms with Crippen LogP contribution in [0.25, 0.3) is 0 Å². The van der Waals surface area contributed by atoms with E-state index < -0.39 is 5.97 Å². The summed E-state index contributed by atoms with van der Waals surface area (Å²) < 4.78 is 5.35. The van der Waals surface area contributed by atoms with Crippen molar-refractivity contribution in [2.75, 3.05) is 6.26 Å². The Hall–Kier alpha value is -0.940. The van der Waals surface area contributed by atoms with Crippen molar-refractivity contribution in [2.24, 2.45) is 0 Å². The van der Waals surface area contributed by atoms with Crippen LogP contribution in [0.1, 0.15) is 47.6 Å². The van der Waals surface area contributed by atoms with Crippen LogP contribution in [0.5, 0.6) is 0 Å². The third-order valence-corrected chi connectivity index (χ3v) is 4.78. The zero-order chi connectivity index (χ0) is 13.8. The van der Waals surface area contributed by atoms with Gasteiger partial charge >= 0.3 is 5.97 Å². The molecule has 1 heterocycles. The zero-order valence-electron chi connectivity index (χ0n) is 11.4. The monoisotopic (exact) mass is 283 g/mol. The van der Waals surface area contributed by atoms with Gasteiger partial charge in [-0.1, -0.05) is 6.42 Å². The minimum absolute atomic E-state index is 0.0578. The fourth-order valence-corrected chi connectivity index (χ4v) is 3.46. The van der Waals surface area contributed by atoms with Gasteiger partial charge in [0.25, 0.3) is 0 Å². The first-order valence-electron chi connectivity index (χ1n) is 6.69. The Morgan fingerprint density at radius 2 is 2.37 bits per heavy atom. The molecule has 1 saturated carbocycles. The third-order valence-electron chi connectivity index (χ3n) is 3.69. The number of rotatable bonds is 5. The minimum Gasteiger partial charge on any atom is -0.475 e. The Morgan fingerprint density at radius 3 is 3.00 bits per heavy atom. The maximum atomic E-state index is 10.9. The maximum absolute atomic E-state index is 10.9. The topological polar surface area (TPSA) is 62.5 Å². The van der Waals surface area contributed by atoms with Crippen LogP contribution in [-0.2, 0) is 6.54 Å². The average Bonchev–Trinajstić information content (AvgIpc) is 2.78. The Morgan fingerprint density at radius 1 is 1.58 bits per heavy atom. The summed E-state index contributed by atoms with van der Waals surface area (Å²) in [6.45, 7) is 2.38. The Kier molecular flexibility index (Phi) is 4.93. The lowest BCUT2D eigenvalue weighted by atomic mass is 9.95. The second-order valence-electron chi connectivity index (χ2n) is 5.13. The summed E-state index contributed by atoms with van der Waals surface area (Å²) >= 11 is 1.94. The summed E-state index contributed by atoms with van der Waals surface area (Å²) in [5.41, 5.74) is 0.690. The average molecular weight is 283 g/mol. The molecular weight excluding hydrogens is 262 g/mol. The molecule has 2 rings (SSSR count). The zero-order valence-corrected chi connectivity index (χ0v) is 12.3. The lowest BCUT2D eigenvalue weighted by Gasteiger charge is -2.28. The van der Waals surface area contributed by atoms with Crippen molar-refractivity contribution in [1.29, 1.82) is 0 Å². The molecule has 0 radical (unpaired) electrons. The van der Waals surface area contributed by atoms with Crippen molar-refractivity contribution >= 4 is 17.7 Å². The lowest BCUT2D eigenvalue weighted by molar-refractivity contribution is 0.0659. The second kappa shape index (κ2) is 6.48. The molecule has 1 fully saturated rings. The first kappa shape index (κ1) is 14.5. The van der Waals surface area contributed by atoms with Gasteiger partial charge in [0.05, 0.1) is 6.54 Å². The van der Waals surface area contributed by atoms with Gasteiger partial charge in [-0.25, -0.2) is 4.79 Å². The Labute approximate surface area is 117 Å². The fraction of sp³-hybridized carbons (Fsp3) is 0.643. The SMILES string of the molecule is CSC1CCCC(NCc2cc(C)c(C(=O)O)o2)C1. The van der Waals surface area contributed by atoms with Crippen molar-refractivity contribution in [1.82, 2.24) is 5.32 Å². The highest BCUT2D eigenvalue weighted by Gasteiger charge is 2.21. The molecule has 5 heteroatoms. The van der Waals surface area contributed by atoms with Crippen LogP contribution in [0.15, 0.2) is 10.5 Å². The minimum atomic E-state index is -0.996. The molecule has 0 saturated heterocycles. The molecule has 2 N–H and O–H groups in total. The molecule has 2 unspecified atom stereocenters. The molecule has 0 spiro atoms. The first-order valence-corrected chi connectivity index (χ1v) is 7.97. The number of furan rings is 1. The van der Waals surface area contributed by atoms with Crippen LogP contribution >= 0.6 is 11.8 Å². The molecule has 0 bridgehead atoms. The van der Waals surface area contributed by atoms with Gasteiger partial charge in [0, 0.05) is 16.9 Å². The van der Waals surface area contributed by atoms with Crippen molar-refractivity contribution < 1.29 is 14.3 Å².